The molecule has 12 heteroatoms. The monoisotopic (exact) mass is 462 g/mol. The zero-order valence-electron chi connectivity index (χ0n) is 17.2. The van der Waals surface area contributed by atoms with Crippen molar-refractivity contribution >= 4 is 29.5 Å². The second-order valence-corrected chi connectivity index (χ2v) is 7.62. The third-order valence-electron chi connectivity index (χ3n) is 4.98. The summed E-state index contributed by atoms with van der Waals surface area (Å²) < 4.78 is 24.8. The Bertz CT molecular complexity index is 1110. The predicted molar refractivity (Wildman–Crippen MR) is 113 cm³/mol. The van der Waals surface area contributed by atoms with Crippen molar-refractivity contribution in [3.63, 3.8) is 0 Å². The molecule has 10 nitrogen and oxygen atoms in total. The van der Waals surface area contributed by atoms with Gasteiger partial charge in [-0.2, -0.15) is 9.97 Å². The van der Waals surface area contributed by atoms with Crippen LogP contribution in [0.25, 0.3) is 11.4 Å². The molecule has 0 spiro atoms. The Kier molecular flexibility index (Phi) is 6.19. The highest BCUT2D eigenvalue weighted by atomic mass is 35.5. The number of hydrogen-bond donors (Lipinski definition) is 2. The fraction of sp³-hybridized carbons (Fsp3) is 0.350. The van der Waals surface area contributed by atoms with Gasteiger partial charge in [-0.25, -0.2) is 19.1 Å². The van der Waals surface area contributed by atoms with Gasteiger partial charge in [0.15, 0.2) is 11.6 Å². The summed E-state index contributed by atoms with van der Waals surface area (Å²) in [5.41, 5.74) is 0.727. The molecule has 0 saturated carbocycles. The van der Waals surface area contributed by atoms with Crippen LogP contribution in [-0.2, 0) is 4.74 Å². The Hall–Kier alpha value is -3.31. The number of nitrogens with one attached hydrogen (secondary N) is 1. The number of cyclic esters (lactones) is 1. The first-order valence-electron chi connectivity index (χ1n) is 9.90. The highest BCUT2D eigenvalue weighted by Gasteiger charge is 2.40. The molecule has 1 saturated heterocycles. The number of amides is 1. The van der Waals surface area contributed by atoms with Gasteiger partial charge in [-0.1, -0.05) is 23.7 Å². The maximum absolute atomic E-state index is 14.5. The highest BCUT2D eigenvalue weighted by molar-refractivity contribution is 6.30. The van der Waals surface area contributed by atoms with Crippen LogP contribution in [0.1, 0.15) is 32.2 Å². The number of anilines is 2. The summed E-state index contributed by atoms with van der Waals surface area (Å²) in [6.07, 6.45) is -0.384. The van der Waals surface area contributed by atoms with Gasteiger partial charge in [0, 0.05) is 10.6 Å². The molecule has 3 heterocycles. The summed E-state index contributed by atoms with van der Waals surface area (Å²) in [6, 6.07) is 5.69. The zero-order valence-corrected chi connectivity index (χ0v) is 18.0. The van der Waals surface area contributed by atoms with Crippen molar-refractivity contribution < 1.29 is 23.6 Å². The number of aliphatic hydroxyl groups excluding tert-OH is 1. The van der Waals surface area contributed by atoms with Crippen LogP contribution in [0.15, 0.2) is 35.0 Å². The number of benzene rings is 1. The van der Waals surface area contributed by atoms with Gasteiger partial charge in [-0.3, -0.25) is 0 Å². The van der Waals surface area contributed by atoms with Gasteiger partial charge in [0.05, 0.1) is 12.3 Å². The Morgan fingerprint density at radius 3 is 2.81 bits per heavy atom. The van der Waals surface area contributed by atoms with E-state index in [1.807, 2.05) is 0 Å². The van der Waals surface area contributed by atoms with Crippen molar-refractivity contribution in [2.75, 3.05) is 16.8 Å². The van der Waals surface area contributed by atoms with Crippen molar-refractivity contribution in [1.82, 2.24) is 20.1 Å². The van der Waals surface area contributed by atoms with Crippen molar-refractivity contribution in [3.8, 4) is 11.4 Å². The zero-order chi connectivity index (χ0) is 22.8. The summed E-state index contributed by atoms with van der Waals surface area (Å²) in [5, 5.41) is 17.7. The number of carbonyl (C=O) groups is 1. The highest BCUT2D eigenvalue weighted by Crippen LogP contribution is 2.28. The largest absolute Gasteiger partial charge is 0.447 e. The van der Waals surface area contributed by atoms with E-state index in [9.17, 15) is 14.3 Å². The van der Waals surface area contributed by atoms with Gasteiger partial charge < -0.3 is 19.7 Å². The molecule has 32 heavy (non-hydrogen) atoms. The van der Waals surface area contributed by atoms with E-state index in [1.165, 1.54) is 0 Å². The topological polar surface area (TPSA) is 126 Å². The average molecular weight is 463 g/mol. The van der Waals surface area contributed by atoms with E-state index in [4.69, 9.17) is 20.9 Å². The number of hydrogen-bond acceptors (Lipinski definition) is 9. The molecule has 2 N–H and O–H groups in total. The Balaban J connectivity index is 1.54. The van der Waals surface area contributed by atoms with E-state index in [1.54, 1.807) is 38.1 Å². The van der Waals surface area contributed by atoms with E-state index in [0.717, 1.165) is 16.7 Å². The number of aliphatic hydroxyl groups is 1. The maximum atomic E-state index is 14.5. The van der Waals surface area contributed by atoms with Crippen LogP contribution in [0, 0.1) is 5.82 Å². The maximum Gasteiger partial charge on any atom is 0.416 e. The molecule has 0 unspecified atom stereocenters. The molecule has 0 aliphatic carbocycles. The molecule has 1 aliphatic heterocycles. The standard InChI is InChI=1S/C20H20ClFN6O4/c1-3-15(29)14-9-31-20(30)28(14)17-13(22)8-23-19(26-17)24-10(2)18-25-16(27-32-18)11-4-6-12(21)7-5-11/h4-8,10,14-15,29H,3,9H2,1-2H3,(H,23,24,26)/t10-,14+,15+/m0/s1. The predicted octanol–water partition coefficient (Wildman–Crippen LogP) is 3.59. The lowest BCUT2D eigenvalue weighted by Crippen LogP contribution is -2.43. The molecule has 3 aromatic rings. The summed E-state index contributed by atoms with van der Waals surface area (Å²) in [5.74, 6) is -0.448. The smallest absolute Gasteiger partial charge is 0.416 e. The second-order valence-electron chi connectivity index (χ2n) is 7.18. The van der Waals surface area contributed by atoms with Crippen molar-refractivity contribution in [1.29, 1.82) is 0 Å². The van der Waals surface area contributed by atoms with Crippen molar-refractivity contribution in [2.45, 2.75) is 38.5 Å². The van der Waals surface area contributed by atoms with Crippen LogP contribution >= 0.6 is 11.6 Å². The van der Waals surface area contributed by atoms with Crippen LogP contribution < -0.4 is 10.2 Å². The normalized spacial score (nSPS) is 17.8. The van der Waals surface area contributed by atoms with Crippen LogP contribution in [0.3, 0.4) is 0 Å². The minimum atomic E-state index is -0.893. The van der Waals surface area contributed by atoms with Crippen molar-refractivity contribution in [2.24, 2.45) is 0 Å². The number of ether oxygens (including phenoxy) is 1. The summed E-state index contributed by atoms with van der Waals surface area (Å²) in [4.78, 5) is 25.6. The molecule has 168 valence electrons. The molecule has 0 bridgehead atoms. The second kappa shape index (κ2) is 9.05. The number of halogens is 2. The number of aromatic nitrogens is 4. The molecule has 2 aromatic heterocycles. The van der Waals surface area contributed by atoms with Gasteiger partial charge in [0.25, 0.3) is 0 Å². The van der Waals surface area contributed by atoms with Crippen LogP contribution in [0.2, 0.25) is 5.02 Å². The number of carbonyl (C=O) groups excluding carboxylic acids is 1. The average Bonchev–Trinajstić information content (AvgIpc) is 3.42. The molecular weight excluding hydrogens is 443 g/mol. The number of nitrogens with zero attached hydrogens (tertiary/aromatic N) is 5. The first-order chi connectivity index (χ1) is 15.4. The first-order valence-corrected chi connectivity index (χ1v) is 10.3. The fourth-order valence-electron chi connectivity index (χ4n) is 3.21. The van der Waals surface area contributed by atoms with E-state index in [2.05, 4.69) is 25.4 Å². The Morgan fingerprint density at radius 2 is 2.09 bits per heavy atom. The first kappa shape index (κ1) is 21.9. The van der Waals surface area contributed by atoms with Crippen LogP contribution in [0.4, 0.5) is 21.0 Å². The van der Waals surface area contributed by atoms with Crippen LogP contribution in [0.5, 0.6) is 0 Å². The van der Waals surface area contributed by atoms with E-state index >= 15 is 0 Å². The third-order valence-corrected chi connectivity index (χ3v) is 5.23. The summed E-state index contributed by atoms with van der Waals surface area (Å²) in [6.45, 7) is 3.42. The van der Waals surface area contributed by atoms with Gasteiger partial charge in [-0.05, 0) is 37.6 Å². The Labute approximate surface area is 187 Å². The minimum Gasteiger partial charge on any atom is -0.447 e. The van der Waals surface area contributed by atoms with Gasteiger partial charge in [0.1, 0.15) is 18.7 Å². The van der Waals surface area contributed by atoms with Crippen molar-refractivity contribution in [3.05, 3.63) is 47.2 Å². The van der Waals surface area contributed by atoms with E-state index in [0.29, 0.717) is 17.3 Å². The molecule has 4 rings (SSSR count). The third kappa shape index (κ3) is 4.34. The van der Waals surface area contributed by atoms with Gasteiger partial charge >= 0.3 is 6.09 Å². The lowest BCUT2D eigenvalue weighted by Gasteiger charge is -2.24. The van der Waals surface area contributed by atoms with Gasteiger partial charge in [-0.15, -0.1) is 0 Å². The fourth-order valence-corrected chi connectivity index (χ4v) is 3.34. The molecule has 1 aliphatic rings. The number of rotatable bonds is 7. The van der Waals surface area contributed by atoms with Crippen LogP contribution in [-0.4, -0.2) is 50.1 Å². The van der Waals surface area contributed by atoms with E-state index in [-0.39, 0.29) is 24.3 Å². The summed E-state index contributed by atoms with van der Waals surface area (Å²) >= 11 is 5.90. The van der Waals surface area contributed by atoms with Gasteiger partial charge in [0.2, 0.25) is 17.7 Å². The van der Waals surface area contributed by atoms with E-state index < -0.39 is 30.1 Å². The SMILES string of the molecule is CC[C@@H](O)[C@H]1COC(=O)N1c1nc(N[C@@H](C)c2nc(-c3ccc(Cl)cc3)no2)ncc1F. The molecule has 0 radical (unpaired) electrons. The molecule has 3 atom stereocenters. The molecule has 1 fully saturated rings. The molecule has 1 aromatic carbocycles. The lowest BCUT2D eigenvalue weighted by atomic mass is 10.1. The molecule has 1 amide bonds. The summed E-state index contributed by atoms with van der Waals surface area (Å²) in [7, 11) is 0. The lowest BCUT2D eigenvalue weighted by molar-refractivity contribution is 0.125. The Morgan fingerprint density at radius 1 is 1.34 bits per heavy atom. The quantitative estimate of drug-likeness (QED) is 0.541. The molecular formula is C20H20ClFN6O4. The minimum absolute atomic E-state index is 0.0320.